The summed E-state index contributed by atoms with van der Waals surface area (Å²) in [6.07, 6.45) is 0. The topological polar surface area (TPSA) is 65.5 Å². The third kappa shape index (κ3) is 2.70. The molecule has 0 unspecified atom stereocenters. The fourth-order valence-electron chi connectivity index (χ4n) is 1.65. The molecule has 0 saturated carbocycles. The van der Waals surface area contributed by atoms with E-state index >= 15 is 0 Å². The third-order valence-electron chi connectivity index (χ3n) is 2.66. The zero-order valence-electron chi connectivity index (χ0n) is 11.3. The number of hydrogen-bond donors (Lipinski definition) is 0. The van der Waals surface area contributed by atoms with Crippen LogP contribution in [0.4, 0.5) is 0 Å². The van der Waals surface area contributed by atoms with E-state index in [2.05, 4.69) is 9.72 Å². The van der Waals surface area contributed by atoms with Crippen molar-refractivity contribution in [2.75, 3.05) is 14.2 Å². The lowest BCUT2D eigenvalue weighted by molar-refractivity contribution is 0.0591. The maximum Gasteiger partial charge on any atom is 0.358 e. The first-order valence-electron chi connectivity index (χ1n) is 5.81. The first kappa shape index (κ1) is 14.2. The summed E-state index contributed by atoms with van der Waals surface area (Å²) in [7, 11) is 2.85. The summed E-state index contributed by atoms with van der Waals surface area (Å²) in [6, 6.07) is 7.23. The van der Waals surface area contributed by atoms with Gasteiger partial charge in [0.15, 0.2) is 11.5 Å². The Hall–Kier alpha value is -2.21. The van der Waals surface area contributed by atoms with Gasteiger partial charge in [0.05, 0.1) is 14.2 Å². The van der Waals surface area contributed by atoms with Crippen LogP contribution in [0.25, 0.3) is 10.6 Å². The van der Waals surface area contributed by atoms with Gasteiger partial charge in [-0.15, -0.1) is 11.3 Å². The van der Waals surface area contributed by atoms with Gasteiger partial charge in [-0.25, -0.2) is 9.78 Å². The highest BCUT2D eigenvalue weighted by molar-refractivity contribution is 7.17. The number of benzene rings is 1. The van der Waals surface area contributed by atoms with Crippen LogP contribution < -0.4 is 4.74 Å². The Bertz CT molecular complexity index is 646. The number of hydrogen-bond acceptors (Lipinski definition) is 6. The van der Waals surface area contributed by atoms with Gasteiger partial charge < -0.3 is 9.47 Å². The predicted molar refractivity (Wildman–Crippen MR) is 75.4 cm³/mol. The number of rotatable bonds is 4. The van der Waals surface area contributed by atoms with Crippen LogP contribution in [0, 0.1) is 0 Å². The van der Waals surface area contributed by atoms with Gasteiger partial charge in [0.25, 0.3) is 0 Å². The van der Waals surface area contributed by atoms with Gasteiger partial charge >= 0.3 is 5.97 Å². The molecule has 0 saturated heterocycles. The number of ketones is 1. The van der Waals surface area contributed by atoms with Gasteiger partial charge in [-0.2, -0.15) is 0 Å². The number of methoxy groups -OCH3 is 2. The summed E-state index contributed by atoms with van der Waals surface area (Å²) >= 11 is 1.18. The van der Waals surface area contributed by atoms with Gasteiger partial charge in [-0.05, 0) is 24.3 Å². The molecule has 0 spiro atoms. The van der Waals surface area contributed by atoms with Crippen molar-refractivity contribution in [3.05, 3.63) is 34.8 Å². The van der Waals surface area contributed by atoms with Crippen LogP contribution in [0.2, 0.25) is 0 Å². The fraction of sp³-hybridized carbons (Fsp3) is 0.214. The van der Waals surface area contributed by atoms with E-state index in [0.29, 0.717) is 9.88 Å². The third-order valence-corrected chi connectivity index (χ3v) is 3.87. The minimum Gasteiger partial charge on any atom is -0.497 e. The van der Waals surface area contributed by atoms with Gasteiger partial charge in [0.2, 0.25) is 0 Å². The van der Waals surface area contributed by atoms with E-state index in [1.165, 1.54) is 25.4 Å². The molecule has 1 aromatic heterocycles. The number of nitrogens with zero attached hydrogens (tertiary/aromatic N) is 1. The molecule has 0 aliphatic carbocycles. The van der Waals surface area contributed by atoms with E-state index in [-0.39, 0.29) is 11.5 Å². The number of thiazole rings is 1. The Morgan fingerprint density at radius 1 is 1.15 bits per heavy atom. The molecule has 0 aliphatic heterocycles. The Balaban J connectivity index is 2.46. The Morgan fingerprint density at radius 3 is 2.30 bits per heavy atom. The maximum absolute atomic E-state index is 11.6. The van der Waals surface area contributed by atoms with E-state index in [1.807, 2.05) is 12.1 Å². The normalized spacial score (nSPS) is 10.2. The van der Waals surface area contributed by atoms with Crippen LogP contribution in [0.5, 0.6) is 5.75 Å². The van der Waals surface area contributed by atoms with E-state index in [9.17, 15) is 9.59 Å². The molecule has 104 valence electrons. The molecule has 0 amide bonds. The van der Waals surface area contributed by atoms with Gasteiger partial charge in [-0.3, -0.25) is 4.79 Å². The summed E-state index contributed by atoms with van der Waals surface area (Å²) < 4.78 is 9.73. The molecule has 0 radical (unpaired) electrons. The lowest BCUT2D eigenvalue weighted by atomic mass is 10.2. The van der Waals surface area contributed by atoms with Crippen LogP contribution in [0.15, 0.2) is 24.3 Å². The molecule has 1 aromatic carbocycles. The van der Waals surface area contributed by atoms with Crippen molar-refractivity contribution in [2.24, 2.45) is 0 Å². The first-order valence-corrected chi connectivity index (χ1v) is 6.63. The lowest BCUT2D eigenvalue weighted by Crippen LogP contribution is -2.06. The van der Waals surface area contributed by atoms with Crippen LogP contribution >= 0.6 is 11.3 Å². The summed E-state index contributed by atoms with van der Waals surface area (Å²) in [5.41, 5.74) is 0.879. The van der Waals surface area contributed by atoms with Crippen LogP contribution in [0.1, 0.15) is 27.1 Å². The zero-order chi connectivity index (χ0) is 14.7. The number of esters is 1. The highest BCUT2D eigenvalue weighted by Gasteiger charge is 2.22. The molecule has 0 atom stereocenters. The smallest absolute Gasteiger partial charge is 0.358 e. The first-order chi connectivity index (χ1) is 9.56. The van der Waals surface area contributed by atoms with Crippen molar-refractivity contribution >= 4 is 23.1 Å². The van der Waals surface area contributed by atoms with Crippen LogP contribution in [0.3, 0.4) is 0 Å². The molecule has 2 rings (SSSR count). The Morgan fingerprint density at radius 2 is 1.80 bits per heavy atom. The van der Waals surface area contributed by atoms with Crippen LogP contribution in [-0.4, -0.2) is 31.0 Å². The second kappa shape index (κ2) is 5.83. The summed E-state index contributed by atoms with van der Waals surface area (Å²) in [5.74, 6) is -0.0841. The minimum absolute atomic E-state index is 0.0656. The van der Waals surface area contributed by atoms with E-state index in [1.54, 1.807) is 19.2 Å². The number of carbonyl (C=O) groups is 2. The molecule has 0 N–H and O–H groups in total. The SMILES string of the molecule is COC(=O)c1nc(-c2ccc(OC)cc2)sc1C(C)=O. The van der Waals surface area contributed by atoms with E-state index in [4.69, 9.17) is 4.74 Å². The van der Waals surface area contributed by atoms with Crippen molar-refractivity contribution in [1.29, 1.82) is 0 Å². The van der Waals surface area contributed by atoms with Crippen molar-refractivity contribution in [3.63, 3.8) is 0 Å². The molecule has 6 heteroatoms. The molecular formula is C14H13NO4S. The maximum atomic E-state index is 11.6. The van der Waals surface area contributed by atoms with E-state index in [0.717, 1.165) is 11.3 Å². The summed E-state index contributed by atoms with van der Waals surface area (Å²) in [5, 5.41) is 0.596. The predicted octanol–water partition coefficient (Wildman–Crippen LogP) is 2.81. The molecule has 5 nitrogen and oxygen atoms in total. The highest BCUT2D eigenvalue weighted by atomic mass is 32.1. The van der Waals surface area contributed by atoms with Crippen molar-refractivity contribution in [3.8, 4) is 16.3 Å². The minimum atomic E-state index is -0.605. The molecule has 1 heterocycles. The molecule has 20 heavy (non-hydrogen) atoms. The number of Topliss-reactive ketones (excluding diaryl/α,β-unsaturated/α-hetero) is 1. The van der Waals surface area contributed by atoms with Gasteiger partial charge in [0, 0.05) is 12.5 Å². The molecule has 0 fully saturated rings. The van der Waals surface area contributed by atoms with Gasteiger partial charge in [-0.1, -0.05) is 0 Å². The second-order valence-corrected chi connectivity index (χ2v) is 4.97. The second-order valence-electron chi connectivity index (χ2n) is 3.97. The largest absolute Gasteiger partial charge is 0.497 e. The quantitative estimate of drug-likeness (QED) is 0.640. The van der Waals surface area contributed by atoms with Gasteiger partial charge in [0.1, 0.15) is 15.6 Å². The average Bonchev–Trinajstić information content (AvgIpc) is 2.92. The number of aromatic nitrogens is 1. The summed E-state index contributed by atoms with van der Waals surface area (Å²) in [6.45, 7) is 1.40. The number of carbonyl (C=O) groups excluding carboxylic acids is 2. The standard InChI is InChI=1S/C14H13NO4S/c1-8(16)12-11(14(17)19-3)15-13(20-12)9-4-6-10(18-2)7-5-9/h4-7H,1-3H3. The van der Waals surface area contributed by atoms with Crippen LogP contribution in [-0.2, 0) is 4.74 Å². The van der Waals surface area contributed by atoms with Crippen molar-refractivity contribution in [1.82, 2.24) is 4.98 Å². The molecule has 2 aromatic rings. The monoisotopic (exact) mass is 291 g/mol. The Kier molecular flexibility index (Phi) is 4.14. The van der Waals surface area contributed by atoms with Crippen molar-refractivity contribution in [2.45, 2.75) is 6.92 Å². The summed E-state index contributed by atoms with van der Waals surface area (Å²) in [4.78, 5) is 27.7. The fourth-order valence-corrected chi connectivity index (χ4v) is 2.60. The Labute approximate surface area is 120 Å². The lowest BCUT2D eigenvalue weighted by Gasteiger charge is -2.00. The molecular weight excluding hydrogens is 278 g/mol. The number of ether oxygens (including phenoxy) is 2. The molecule has 0 bridgehead atoms. The van der Waals surface area contributed by atoms with Crippen molar-refractivity contribution < 1.29 is 19.1 Å². The molecule has 0 aliphatic rings. The average molecular weight is 291 g/mol. The zero-order valence-corrected chi connectivity index (χ0v) is 12.1. The van der Waals surface area contributed by atoms with E-state index < -0.39 is 5.97 Å². The highest BCUT2D eigenvalue weighted by Crippen LogP contribution is 2.30.